The first kappa shape index (κ1) is 16.5. The lowest BCUT2D eigenvalue weighted by molar-refractivity contribution is 0.101. The van der Waals surface area contributed by atoms with Gasteiger partial charge in [-0.1, -0.05) is 30.0 Å². The van der Waals surface area contributed by atoms with E-state index in [1.165, 1.54) is 11.8 Å². The smallest absolute Gasteiger partial charge is 0.347 e. The summed E-state index contributed by atoms with van der Waals surface area (Å²) < 4.78 is 6.99. The van der Waals surface area contributed by atoms with Crippen LogP contribution in [0, 0.1) is 0 Å². The molecule has 2 aromatic heterocycles. The first-order chi connectivity index (χ1) is 10.1. The van der Waals surface area contributed by atoms with Crippen LogP contribution in [0.1, 0.15) is 10.4 Å². The van der Waals surface area contributed by atoms with Gasteiger partial charge in [0, 0.05) is 24.8 Å². The number of nitrogens with zero attached hydrogens (tertiary/aromatic N) is 2. The lowest BCUT2D eigenvalue weighted by atomic mass is 10.1. The predicted octanol–water partition coefficient (Wildman–Crippen LogP) is 3.08. The molecule has 2 heterocycles. The largest absolute Gasteiger partial charge is 0.422 e. The minimum absolute atomic E-state index is 0. The van der Waals surface area contributed by atoms with E-state index in [0.717, 1.165) is 10.5 Å². The van der Waals surface area contributed by atoms with Crippen molar-refractivity contribution in [3.8, 4) is 0 Å². The number of imidazole rings is 1. The highest BCUT2D eigenvalue weighted by Gasteiger charge is 2.15. The molecule has 0 radical (unpaired) electrons. The van der Waals surface area contributed by atoms with Gasteiger partial charge < -0.3 is 8.98 Å². The highest BCUT2D eigenvalue weighted by atomic mass is 79.9. The highest BCUT2D eigenvalue weighted by Crippen LogP contribution is 2.17. The number of ketones is 1. The second-order valence-corrected chi connectivity index (χ2v) is 5.46. The van der Waals surface area contributed by atoms with Gasteiger partial charge in [0.25, 0.3) is 0 Å². The lowest BCUT2D eigenvalue weighted by Crippen LogP contribution is -2.15. The number of aryl methyl sites for hydroxylation is 1. The molecule has 0 saturated heterocycles. The maximum absolute atomic E-state index is 12.2. The van der Waals surface area contributed by atoms with Gasteiger partial charge >= 0.3 is 5.63 Å². The average Bonchev–Trinajstić information content (AvgIpc) is 2.89. The van der Waals surface area contributed by atoms with Crippen LogP contribution in [0.2, 0.25) is 0 Å². The Bertz CT molecular complexity index is 872. The van der Waals surface area contributed by atoms with E-state index in [4.69, 9.17) is 4.42 Å². The molecule has 0 aliphatic carbocycles. The Morgan fingerprint density at radius 1 is 1.36 bits per heavy atom. The molecular formula is C15H13BrN2O3S. The molecule has 0 unspecified atom stereocenters. The van der Waals surface area contributed by atoms with Crippen LogP contribution in [0.3, 0.4) is 0 Å². The number of aromatic nitrogens is 2. The van der Waals surface area contributed by atoms with E-state index >= 15 is 0 Å². The minimum atomic E-state index is -0.598. The number of para-hydroxylation sites is 1. The van der Waals surface area contributed by atoms with Crippen LogP contribution < -0.4 is 5.63 Å². The fraction of sp³-hybridized carbons (Fsp3) is 0.133. The van der Waals surface area contributed by atoms with Crippen LogP contribution in [0.4, 0.5) is 0 Å². The molecule has 0 aliphatic rings. The summed E-state index contributed by atoms with van der Waals surface area (Å²) in [5, 5.41) is 1.47. The van der Waals surface area contributed by atoms with Crippen molar-refractivity contribution >= 4 is 45.5 Å². The zero-order chi connectivity index (χ0) is 14.8. The molecule has 3 rings (SSSR count). The maximum Gasteiger partial charge on any atom is 0.347 e. The molecule has 3 aromatic rings. The van der Waals surface area contributed by atoms with Crippen LogP contribution in [-0.2, 0) is 7.05 Å². The molecule has 5 nitrogen and oxygen atoms in total. The molecule has 0 amide bonds. The van der Waals surface area contributed by atoms with Crippen LogP contribution in [0.25, 0.3) is 11.0 Å². The summed E-state index contributed by atoms with van der Waals surface area (Å²) in [6.07, 6.45) is 3.47. The number of carbonyl (C=O) groups is 1. The summed E-state index contributed by atoms with van der Waals surface area (Å²) in [5.74, 6) is -0.115. The Morgan fingerprint density at radius 3 is 2.86 bits per heavy atom. The molecule has 114 valence electrons. The summed E-state index contributed by atoms with van der Waals surface area (Å²) in [6.45, 7) is 0. The maximum atomic E-state index is 12.2. The number of fused-ring (bicyclic) bond motifs is 1. The summed E-state index contributed by atoms with van der Waals surface area (Å²) in [4.78, 5) is 28.2. The monoisotopic (exact) mass is 380 g/mol. The summed E-state index contributed by atoms with van der Waals surface area (Å²) >= 11 is 1.29. The third-order valence-corrected chi connectivity index (χ3v) is 4.11. The van der Waals surface area contributed by atoms with Crippen LogP contribution in [0.5, 0.6) is 0 Å². The number of benzene rings is 1. The van der Waals surface area contributed by atoms with Crippen molar-refractivity contribution in [3.63, 3.8) is 0 Å². The lowest BCUT2D eigenvalue weighted by Gasteiger charge is -2.02. The van der Waals surface area contributed by atoms with Gasteiger partial charge in [-0.05, 0) is 12.1 Å². The second-order valence-electron chi connectivity index (χ2n) is 4.52. The van der Waals surface area contributed by atoms with E-state index in [1.54, 1.807) is 36.7 Å². The normalized spacial score (nSPS) is 10.4. The first-order valence-electron chi connectivity index (χ1n) is 6.31. The summed E-state index contributed by atoms with van der Waals surface area (Å²) in [5.41, 5.74) is -0.0367. The molecule has 0 bridgehead atoms. The molecule has 22 heavy (non-hydrogen) atoms. The molecule has 0 N–H and O–H groups in total. The standard InChI is InChI=1S/C15H12N2O3S.BrH/c1-17-7-6-16-15(17)21-9-12(18)11-8-10-4-2-3-5-13(10)20-14(11)19;/h2-8H,9H2,1H3;1H. The van der Waals surface area contributed by atoms with Gasteiger partial charge in [0.1, 0.15) is 11.1 Å². The number of Topliss-reactive ketones (excluding diaryl/α,β-unsaturated/α-hetero) is 1. The minimum Gasteiger partial charge on any atom is -0.422 e. The third kappa shape index (κ3) is 3.31. The van der Waals surface area contributed by atoms with Crippen molar-refractivity contribution in [2.75, 3.05) is 5.75 Å². The fourth-order valence-corrected chi connectivity index (χ4v) is 2.77. The van der Waals surface area contributed by atoms with Gasteiger partial charge in [-0.25, -0.2) is 9.78 Å². The Morgan fingerprint density at radius 2 is 2.14 bits per heavy atom. The number of hydrogen-bond donors (Lipinski definition) is 0. The zero-order valence-electron chi connectivity index (χ0n) is 11.7. The number of halogens is 1. The van der Waals surface area contributed by atoms with Gasteiger partial charge in [-0.3, -0.25) is 4.79 Å². The summed E-state index contributed by atoms with van der Waals surface area (Å²) in [7, 11) is 1.85. The van der Waals surface area contributed by atoms with Crippen molar-refractivity contribution in [3.05, 3.63) is 58.7 Å². The van der Waals surface area contributed by atoms with E-state index in [-0.39, 0.29) is 34.1 Å². The molecule has 0 aliphatic heterocycles. The van der Waals surface area contributed by atoms with E-state index in [1.807, 2.05) is 17.7 Å². The Hall–Kier alpha value is -1.86. The van der Waals surface area contributed by atoms with Crippen LogP contribution in [0.15, 0.2) is 57.1 Å². The Balaban J connectivity index is 0.00000176. The van der Waals surface area contributed by atoms with E-state index in [0.29, 0.717) is 5.58 Å². The molecule has 0 fully saturated rings. The van der Waals surface area contributed by atoms with Gasteiger partial charge in [0.2, 0.25) is 0 Å². The molecule has 0 atom stereocenters. The van der Waals surface area contributed by atoms with Crippen molar-refractivity contribution in [1.29, 1.82) is 0 Å². The van der Waals surface area contributed by atoms with Crippen molar-refractivity contribution in [2.24, 2.45) is 7.05 Å². The van der Waals surface area contributed by atoms with E-state index in [9.17, 15) is 9.59 Å². The number of carbonyl (C=O) groups excluding carboxylic acids is 1. The molecular weight excluding hydrogens is 368 g/mol. The molecule has 0 spiro atoms. The predicted molar refractivity (Wildman–Crippen MR) is 91.1 cm³/mol. The van der Waals surface area contributed by atoms with Crippen LogP contribution >= 0.6 is 28.7 Å². The van der Waals surface area contributed by atoms with Crippen LogP contribution in [-0.4, -0.2) is 21.1 Å². The van der Waals surface area contributed by atoms with Gasteiger partial charge in [-0.15, -0.1) is 17.0 Å². The summed E-state index contributed by atoms with van der Waals surface area (Å²) in [6, 6.07) is 8.71. The number of rotatable bonds is 4. The Labute approximate surface area is 141 Å². The van der Waals surface area contributed by atoms with Crippen molar-refractivity contribution in [1.82, 2.24) is 9.55 Å². The number of hydrogen-bond acceptors (Lipinski definition) is 5. The fourth-order valence-electron chi connectivity index (χ4n) is 1.96. The SMILES string of the molecule is Br.Cn1ccnc1SCC(=O)c1cc2ccccc2oc1=O. The molecule has 0 saturated carbocycles. The average molecular weight is 381 g/mol. The first-order valence-corrected chi connectivity index (χ1v) is 7.30. The van der Waals surface area contributed by atoms with Gasteiger partial charge in [0.15, 0.2) is 10.9 Å². The molecule has 1 aromatic carbocycles. The van der Waals surface area contributed by atoms with Gasteiger partial charge in [0.05, 0.1) is 5.75 Å². The van der Waals surface area contributed by atoms with Gasteiger partial charge in [-0.2, -0.15) is 0 Å². The molecule has 7 heteroatoms. The van der Waals surface area contributed by atoms with Crippen molar-refractivity contribution in [2.45, 2.75) is 5.16 Å². The number of thioether (sulfide) groups is 1. The Kier molecular flexibility index (Phi) is 5.20. The highest BCUT2D eigenvalue weighted by molar-refractivity contribution is 8.93. The van der Waals surface area contributed by atoms with E-state index in [2.05, 4.69) is 4.98 Å². The third-order valence-electron chi connectivity index (χ3n) is 3.05. The van der Waals surface area contributed by atoms with E-state index < -0.39 is 5.63 Å². The topological polar surface area (TPSA) is 65.1 Å². The van der Waals surface area contributed by atoms with Crippen molar-refractivity contribution < 1.29 is 9.21 Å². The second kappa shape index (κ2) is 6.93. The quantitative estimate of drug-likeness (QED) is 0.395. The zero-order valence-corrected chi connectivity index (χ0v) is 14.2.